The second-order valence-electron chi connectivity index (χ2n) is 6.31. The molecule has 0 amide bonds. The van der Waals surface area contributed by atoms with Crippen LogP contribution in [0.1, 0.15) is 36.5 Å². The predicted octanol–water partition coefficient (Wildman–Crippen LogP) is 2.74. The van der Waals surface area contributed by atoms with Gasteiger partial charge in [0.05, 0.1) is 4.90 Å². The Labute approximate surface area is 135 Å². The van der Waals surface area contributed by atoms with Crippen LogP contribution in [0.2, 0.25) is 0 Å². The number of nitrogens with zero attached hydrogens (tertiary/aromatic N) is 2. The Hall–Kier alpha value is -2.02. The van der Waals surface area contributed by atoms with Gasteiger partial charge in [-0.1, -0.05) is 17.6 Å². The van der Waals surface area contributed by atoms with E-state index in [1.165, 1.54) is 12.0 Å². The fourth-order valence-electron chi connectivity index (χ4n) is 3.11. The minimum atomic E-state index is -3.66. The Bertz CT molecular complexity index is 840. The summed E-state index contributed by atoms with van der Waals surface area (Å²) in [6.07, 6.45) is 4.31. The highest BCUT2D eigenvalue weighted by molar-refractivity contribution is 7.92. The zero-order chi connectivity index (χ0) is 16.0. The van der Waals surface area contributed by atoms with E-state index in [-0.39, 0.29) is 10.7 Å². The van der Waals surface area contributed by atoms with E-state index < -0.39 is 10.0 Å². The zero-order valence-electron chi connectivity index (χ0n) is 12.9. The van der Waals surface area contributed by atoms with E-state index in [9.17, 15) is 8.42 Å². The van der Waals surface area contributed by atoms with Crippen molar-refractivity contribution in [2.24, 2.45) is 0 Å². The lowest BCUT2D eigenvalue weighted by Crippen LogP contribution is -2.15. The normalized spacial score (nSPS) is 17.9. The van der Waals surface area contributed by atoms with Crippen LogP contribution in [0.3, 0.4) is 0 Å². The summed E-state index contributed by atoms with van der Waals surface area (Å²) in [5, 5.41) is 3.84. The second kappa shape index (κ2) is 5.26. The average molecular weight is 333 g/mol. The molecule has 1 saturated carbocycles. The van der Waals surface area contributed by atoms with E-state index in [1.807, 2.05) is 13.1 Å². The minimum Gasteiger partial charge on any atom is -0.374 e. The highest BCUT2D eigenvalue weighted by Crippen LogP contribution is 2.37. The maximum atomic E-state index is 12.6. The van der Waals surface area contributed by atoms with Crippen molar-refractivity contribution in [3.63, 3.8) is 0 Å². The number of aromatic nitrogens is 1. The maximum Gasteiger partial charge on any atom is 0.263 e. The molecule has 0 atom stereocenters. The molecule has 2 aliphatic rings. The van der Waals surface area contributed by atoms with Crippen LogP contribution in [0.15, 0.2) is 33.7 Å². The van der Waals surface area contributed by atoms with Crippen LogP contribution in [0, 0.1) is 0 Å². The van der Waals surface area contributed by atoms with Gasteiger partial charge in [0.1, 0.15) is 5.76 Å². The van der Waals surface area contributed by atoms with Crippen LogP contribution in [0.4, 0.5) is 11.5 Å². The van der Waals surface area contributed by atoms with Gasteiger partial charge in [0, 0.05) is 31.3 Å². The van der Waals surface area contributed by atoms with E-state index in [1.54, 1.807) is 18.2 Å². The number of sulfonamides is 1. The molecule has 1 aromatic carbocycles. The van der Waals surface area contributed by atoms with Crippen molar-refractivity contribution in [1.29, 1.82) is 0 Å². The van der Waals surface area contributed by atoms with Gasteiger partial charge in [-0.2, -0.15) is 0 Å². The van der Waals surface area contributed by atoms with Crippen LogP contribution < -0.4 is 9.62 Å². The Kier molecular flexibility index (Phi) is 3.33. The zero-order valence-corrected chi connectivity index (χ0v) is 13.8. The third-order valence-electron chi connectivity index (χ3n) is 4.77. The fraction of sp³-hybridized carbons (Fsp3) is 0.438. The number of hydrogen-bond acceptors (Lipinski definition) is 5. The first-order valence-electron chi connectivity index (χ1n) is 7.86. The molecule has 4 rings (SSSR count). The minimum absolute atomic E-state index is 0.248. The van der Waals surface area contributed by atoms with Gasteiger partial charge in [-0.15, -0.1) is 0 Å². The summed E-state index contributed by atoms with van der Waals surface area (Å²) >= 11 is 0. The lowest BCUT2D eigenvalue weighted by Gasteiger charge is -2.21. The number of fused-ring (bicyclic) bond motifs is 1. The molecule has 2 aromatic rings. The van der Waals surface area contributed by atoms with E-state index in [0.717, 1.165) is 37.3 Å². The highest BCUT2D eigenvalue weighted by atomic mass is 32.2. The van der Waals surface area contributed by atoms with Gasteiger partial charge in [0.25, 0.3) is 10.0 Å². The maximum absolute atomic E-state index is 12.6. The highest BCUT2D eigenvalue weighted by Gasteiger charge is 2.26. The summed E-state index contributed by atoms with van der Waals surface area (Å²) in [6.45, 7) is 0.917. The van der Waals surface area contributed by atoms with Crippen LogP contribution in [-0.4, -0.2) is 27.2 Å². The lowest BCUT2D eigenvalue weighted by atomic mass is 9.84. The molecular formula is C16H19N3O3S. The van der Waals surface area contributed by atoms with Gasteiger partial charge >= 0.3 is 0 Å². The predicted molar refractivity (Wildman–Crippen MR) is 87.3 cm³/mol. The molecule has 1 aromatic heterocycles. The first-order valence-corrected chi connectivity index (χ1v) is 9.35. The first-order chi connectivity index (χ1) is 11.0. The standard InChI is InChI=1S/C16H19N3O3S/c1-19-8-7-11-5-6-13(9-14(11)19)23(20,21)18-16-10-15(22-17-16)12-3-2-4-12/h5-6,9-10,12H,2-4,7-8H2,1H3,(H,17,18). The molecule has 0 radical (unpaired) electrons. The summed E-state index contributed by atoms with van der Waals surface area (Å²) in [7, 11) is -1.69. The number of likely N-dealkylation sites (N-methyl/N-ethyl adjacent to an activating group) is 1. The topological polar surface area (TPSA) is 75.4 Å². The molecule has 2 heterocycles. The number of rotatable bonds is 4. The second-order valence-corrected chi connectivity index (χ2v) is 7.99. The third-order valence-corrected chi connectivity index (χ3v) is 6.12. The van der Waals surface area contributed by atoms with Crippen molar-refractivity contribution < 1.29 is 12.9 Å². The summed E-state index contributed by atoms with van der Waals surface area (Å²) < 4.78 is 32.9. The van der Waals surface area contributed by atoms with Crippen LogP contribution in [-0.2, 0) is 16.4 Å². The molecule has 1 N–H and O–H groups in total. The summed E-state index contributed by atoms with van der Waals surface area (Å²) in [4.78, 5) is 2.32. The molecule has 1 aliphatic carbocycles. The van der Waals surface area contributed by atoms with Crippen molar-refractivity contribution in [1.82, 2.24) is 5.16 Å². The Morgan fingerprint density at radius 1 is 1.30 bits per heavy atom. The largest absolute Gasteiger partial charge is 0.374 e. The molecule has 1 fully saturated rings. The van der Waals surface area contributed by atoms with Gasteiger partial charge in [-0.05, 0) is 37.0 Å². The Morgan fingerprint density at radius 2 is 2.13 bits per heavy atom. The molecule has 0 saturated heterocycles. The third kappa shape index (κ3) is 2.59. The molecule has 0 unspecified atom stereocenters. The molecule has 23 heavy (non-hydrogen) atoms. The summed E-state index contributed by atoms with van der Waals surface area (Å²) in [5.41, 5.74) is 2.16. The van der Waals surface area contributed by atoms with Gasteiger partial charge in [0.2, 0.25) is 0 Å². The van der Waals surface area contributed by atoms with E-state index in [2.05, 4.69) is 14.8 Å². The Balaban J connectivity index is 1.58. The van der Waals surface area contributed by atoms with E-state index >= 15 is 0 Å². The van der Waals surface area contributed by atoms with Crippen molar-refractivity contribution in [2.45, 2.75) is 36.5 Å². The Morgan fingerprint density at radius 3 is 2.87 bits per heavy atom. The van der Waals surface area contributed by atoms with Crippen molar-refractivity contribution >= 4 is 21.5 Å². The number of anilines is 2. The van der Waals surface area contributed by atoms with Gasteiger partial charge < -0.3 is 9.42 Å². The van der Waals surface area contributed by atoms with Crippen molar-refractivity contribution in [3.8, 4) is 0 Å². The van der Waals surface area contributed by atoms with Crippen LogP contribution >= 0.6 is 0 Å². The molecule has 0 spiro atoms. The quantitative estimate of drug-likeness (QED) is 0.931. The molecule has 7 heteroatoms. The van der Waals surface area contributed by atoms with E-state index in [0.29, 0.717) is 5.92 Å². The molecular weight excluding hydrogens is 314 g/mol. The lowest BCUT2D eigenvalue weighted by molar-refractivity contribution is 0.301. The fourth-order valence-corrected chi connectivity index (χ4v) is 4.11. The smallest absolute Gasteiger partial charge is 0.263 e. The van der Waals surface area contributed by atoms with Gasteiger partial charge in [-0.25, -0.2) is 8.42 Å². The number of benzene rings is 1. The SMILES string of the molecule is CN1CCc2ccc(S(=O)(=O)Nc3cc(C4CCC4)on3)cc21. The summed E-state index contributed by atoms with van der Waals surface area (Å²) in [5.74, 6) is 1.40. The molecule has 6 nitrogen and oxygen atoms in total. The van der Waals surface area contributed by atoms with Crippen molar-refractivity contribution in [2.75, 3.05) is 23.2 Å². The molecule has 0 bridgehead atoms. The van der Waals surface area contributed by atoms with Gasteiger partial charge in [-0.3, -0.25) is 4.72 Å². The van der Waals surface area contributed by atoms with Crippen molar-refractivity contribution in [3.05, 3.63) is 35.6 Å². The first kappa shape index (κ1) is 14.6. The summed E-state index contributed by atoms with van der Waals surface area (Å²) in [6, 6.07) is 6.95. The van der Waals surface area contributed by atoms with Crippen LogP contribution in [0.5, 0.6) is 0 Å². The monoisotopic (exact) mass is 333 g/mol. The number of nitrogens with one attached hydrogen (secondary N) is 1. The molecule has 1 aliphatic heterocycles. The number of hydrogen-bond donors (Lipinski definition) is 1. The van der Waals surface area contributed by atoms with Gasteiger partial charge in [0.15, 0.2) is 5.82 Å². The average Bonchev–Trinajstić information content (AvgIpc) is 3.04. The molecule has 122 valence electrons. The van der Waals surface area contributed by atoms with E-state index in [4.69, 9.17) is 4.52 Å². The van der Waals surface area contributed by atoms with Crippen LogP contribution in [0.25, 0.3) is 0 Å².